The molecule has 2 aromatic rings. The molecule has 0 spiro atoms. The van der Waals surface area contributed by atoms with Crippen LogP contribution >= 0.6 is 12.4 Å². The zero-order chi connectivity index (χ0) is 12.7. The van der Waals surface area contributed by atoms with Crippen LogP contribution in [0, 0.1) is 12.8 Å². The maximum absolute atomic E-state index is 6.05. The van der Waals surface area contributed by atoms with Gasteiger partial charge in [-0.3, -0.25) is 4.90 Å². The predicted molar refractivity (Wildman–Crippen MR) is 79.6 cm³/mol. The van der Waals surface area contributed by atoms with E-state index in [1.165, 1.54) is 5.56 Å². The largest absolute Gasteiger partial charge is 0.326 e. The number of pyridine rings is 1. The highest BCUT2D eigenvalue weighted by Gasteiger charge is 2.26. The summed E-state index contributed by atoms with van der Waals surface area (Å²) in [5.74, 6) is 0.587. The number of fused-ring (bicyclic) bond motifs is 1. The summed E-state index contributed by atoms with van der Waals surface area (Å²) in [6, 6.07) is 4.47. The van der Waals surface area contributed by atoms with Crippen LogP contribution in [-0.2, 0) is 6.54 Å². The molecular weight excluding hydrogens is 260 g/mol. The van der Waals surface area contributed by atoms with Gasteiger partial charge in [-0.2, -0.15) is 0 Å². The molecule has 19 heavy (non-hydrogen) atoms. The standard InChI is InChI=1S/C14H20N4.ClH/c1-10-3-4-14-16-12(8-18(14)5-10)7-17-6-11(2)13(15)9-17;/h3-5,8,11,13H,6-7,9,15H2,1-2H3;1H. The fourth-order valence-corrected chi connectivity index (χ4v) is 2.69. The van der Waals surface area contributed by atoms with Gasteiger partial charge in [-0.15, -0.1) is 12.4 Å². The summed E-state index contributed by atoms with van der Waals surface area (Å²) in [5, 5.41) is 0. The van der Waals surface area contributed by atoms with E-state index in [1.54, 1.807) is 0 Å². The monoisotopic (exact) mass is 280 g/mol. The molecule has 0 amide bonds. The highest BCUT2D eigenvalue weighted by atomic mass is 35.5. The molecule has 0 bridgehead atoms. The Balaban J connectivity index is 0.00000133. The van der Waals surface area contributed by atoms with Gasteiger partial charge in [0.25, 0.3) is 0 Å². The number of hydrogen-bond acceptors (Lipinski definition) is 3. The van der Waals surface area contributed by atoms with Crippen molar-refractivity contribution in [3.63, 3.8) is 0 Å². The number of likely N-dealkylation sites (tertiary alicyclic amines) is 1. The smallest absolute Gasteiger partial charge is 0.137 e. The molecule has 3 heterocycles. The molecular formula is C14H21ClN4. The average Bonchev–Trinajstić information content (AvgIpc) is 2.82. The molecule has 104 valence electrons. The fourth-order valence-electron chi connectivity index (χ4n) is 2.69. The van der Waals surface area contributed by atoms with Gasteiger partial charge >= 0.3 is 0 Å². The number of nitrogens with two attached hydrogens (primary N) is 1. The second kappa shape index (κ2) is 5.49. The number of aromatic nitrogens is 2. The highest BCUT2D eigenvalue weighted by molar-refractivity contribution is 5.85. The molecule has 2 unspecified atom stereocenters. The molecule has 0 saturated carbocycles. The predicted octanol–water partition coefficient (Wildman–Crippen LogP) is 1.84. The van der Waals surface area contributed by atoms with E-state index in [4.69, 9.17) is 5.73 Å². The van der Waals surface area contributed by atoms with E-state index < -0.39 is 0 Å². The van der Waals surface area contributed by atoms with Crippen molar-refractivity contribution in [2.75, 3.05) is 13.1 Å². The van der Waals surface area contributed by atoms with E-state index in [2.05, 4.69) is 52.7 Å². The van der Waals surface area contributed by atoms with Crippen LogP contribution in [0.4, 0.5) is 0 Å². The molecule has 1 aliphatic heterocycles. The van der Waals surface area contributed by atoms with E-state index >= 15 is 0 Å². The van der Waals surface area contributed by atoms with Gasteiger partial charge in [-0.1, -0.05) is 13.0 Å². The summed E-state index contributed by atoms with van der Waals surface area (Å²) in [6.07, 6.45) is 4.24. The Kier molecular flexibility index (Phi) is 4.13. The Hall–Kier alpha value is -1.10. The van der Waals surface area contributed by atoms with Crippen LogP contribution in [0.3, 0.4) is 0 Å². The maximum Gasteiger partial charge on any atom is 0.137 e. The summed E-state index contributed by atoms with van der Waals surface area (Å²) >= 11 is 0. The molecule has 2 atom stereocenters. The van der Waals surface area contributed by atoms with E-state index in [9.17, 15) is 0 Å². The van der Waals surface area contributed by atoms with Crippen molar-refractivity contribution in [1.82, 2.24) is 14.3 Å². The van der Waals surface area contributed by atoms with E-state index in [0.29, 0.717) is 12.0 Å². The van der Waals surface area contributed by atoms with E-state index in [-0.39, 0.29) is 12.4 Å². The van der Waals surface area contributed by atoms with Crippen molar-refractivity contribution in [2.45, 2.75) is 26.4 Å². The van der Waals surface area contributed by atoms with Gasteiger partial charge in [-0.25, -0.2) is 4.98 Å². The Labute approximate surface area is 120 Å². The summed E-state index contributed by atoms with van der Waals surface area (Å²) in [4.78, 5) is 7.04. The van der Waals surface area contributed by atoms with Crippen LogP contribution in [0.25, 0.3) is 5.65 Å². The van der Waals surface area contributed by atoms with Crippen LogP contribution < -0.4 is 5.73 Å². The topological polar surface area (TPSA) is 46.6 Å². The van der Waals surface area contributed by atoms with Crippen molar-refractivity contribution < 1.29 is 0 Å². The highest BCUT2D eigenvalue weighted by Crippen LogP contribution is 2.17. The Morgan fingerprint density at radius 1 is 1.32 bits per heavy atom. The molecule has 1 fully saturated rings. The van der Waals surface area contributed by atoms with E-state index in [1.807, 2.05) is 0 Å². The average molecular weight is 281 g/mol. The van der Waals surface area contributed by atoms with Gasteiger partial charge in [0.05, 0.1) is 5.69 Å². The first-order chi connectivity index (χ1) is 8.61. The number of rotatable bonds is 2. The summed E-state index contributed by atoms with van der Waals surface area (Å²) in [7, 11) is 0. The normalized spacial score (nSPS) is 23.7. The SMILES string of the molecule is Cc1ccc2nc(CN3CC(C)C(N)C3)cn2c1.Cl. The summed E-state index contributed by atoms with van der Waals surface area (Å²) in [6.45, 7) is 7.28. The quantitative estimate of drug-likeness (QED) is 0.913. The second-order valence-corrected chi connectivity index (χ2v) is 5.54. The van der Waals surface area contributed by atoms with Crippen molar-refractivity contribution in [2.24, 2.45) is 11.7 Å². The molecule has 2 N–H and O–H groups in total. The molecule has 1 saturated heterocycles. The van der Waals surface area contributed by atoms with Gasteiger partial charge in [0.15, 0.2) is 0 Å². The van der Waals surface area contributed by atoms with Crippen molar-refractivity contribution in [3.8, 4) is 0 Å². The molecule has 0 aromatic carbocycles. The van der Waals surface area contributed by atoms with Gasteiger partial charge in [0.2, 0.25) is 0 Å². The van der Waals surface area contributed by atoms with Crippen molar-refractivity contribution in [1.29, 1.82) is 0 Å². The zero-order valence-electron chi connectivity index (χ0n) is 11.4. The first-order valence-electron chi connectivity index (χ1n) is 6.54. The summed E-state index contributed by atoms with van der Waals surface area (Å²) in [5.41, 5.74) is 9.45. The molecule has 1 aliphatic rings. The summed E-state index contributed by atoms with van der Waals surface area (Å²) < 4.78 is 2.10. The number of imidazole rings is 1. The number of hydrogen-bond donors (Lipinski definition) is 1. The first-order valence-corrected chi connectivity index (χ1v) is 6.54. The second-order valence-electron chi connectivity index (χ2n) is 5.54. The van der Waals surface area contributed by atoms with Gasteiger partial charge in [-0.05, 0) is 24.5 Å². The Morgan fingerprint density at radius 3 is 2.79 bits per heavy atom. The molecule has 2 aromatic heterocycles. The molecule has 0 radical (unpaired) electrons. The number of halogens is 1. The van der Waals surface area contributed by atoms with Crippen LogP contribution in [0.15, 0.2) is 24.5 Å². The van der Waals surface area contributed by atoms with Crippen LogP contribution in [-0.4, -0.2) is 33.4 Å². The Morgan fingerprint density at radius 2 is 2.11 bits per heavy atom. The van der Waals surface area contributed by atoms with Crippen LogP contribution in [0.5, 0.6) is 0 Å². The minimum atomic E-state index is 0. The van der Waals surface area contributed by atoms with Crippen molar-refractivity contribution >= 4 is 18.1 Å². The van der Waals surface area contributed by atoms with Gasteiger partial charge < -0.3 is 10.1 Å². The number of nitrogens with zero attached hydrogens (tertiary/aromatic N) is 3. The lowest BCUT2D eigenvalue weighted by Crippen LogP contribution is -2.28. The third-order valence-corrected chi connectivity index (χ3v) is 3.78. The Bertz CT molecular complexity index is 556. The molecule has 4 nitrogen and oxygen atoms in total. The van der Waals surface area contributed by atoms with E-state index in [0.717, 1.165) is 31.0 Å². The zero-order valence-corrected chi connectivity index (χ0v) is 12.2. The lowest BCUT2D eigenvalue weighted by atomic mass is 10.1. The maximum atomic E-state index is 6.05. The lowest BCUT2D eigenvalue weighted by molar-refractivity contribution is 0.315. The fraction of sp³-hybridized carbons (Fsp3) is 0.500. The third-order valence-electron chi connectivity index (χ3n) is 3.78. The lowest BCUT2D eigenvalue weighted by Gasteiger charge is -2.12. The minimum absolute atomic E-state index is 0. The molecule has 0 aliphatic carbocycles. The van der Waals surface area contributed by atoms with Gasteiger partial charge in [0.1, 0.15) is 5.65 Å². The van der Waals surface area contributed by atoms with Crippen molar-refractivity contribution in [3.05, 3.63) is 35.8 Å². The number of aryl methyl sites for hydroxylation is 1. The van der Waals surface area contributed by atoms with Gasteiger partial charge in [0, 0.05) is 38.1 Å². The third kappa shape index (κ3) is 2.91. The molecule has 3 rings (SSSR count). The molecule has 5 heteroatoms. The van der Waals surface area contributed by atoms with Crippen LogP contribution in [0.2, 0.25) is 0 Å². The minimum Gasteiger partial charge on any atom is -0.326 e. The first kappa shape index (κ1) is 14.3. The van der Waals surface area contributed by atoms with Crippen LogP contribution in [0.1, 0.15) is 18.2 Å².